The van der Waals surface area contributed by atoms with Gasteiger partial charge in [-0.05, 0) is 6.42 Å². The first kappa shape index (κ1) is 12.4. The Balaban J connectivity index is 3.31. The molecule has 0 aliphatic carbocycles. The summed E-state index contributed by atoms with van der Waals surface area (Å²) in [5, 5.41) is 0.227. The summed E-state index contributed by atoms with van der Waals surface area (Å²) in [6.45, 7) is 1.89. The molecule has 1 unspecified atom stereocenters. The molecule has 0 aliphatic heterocycles. The zero-order valence-corrected chi connectivity index (χ0v) is 8.40. The number of halogens is 4. The first-order valence-corrected chi connectivity index (χ1v) is 5.28. The van der Waals surface area contributed by atoms with Crippen molar-refractivity contribution < 1.29 is 13.2 Å². The fourth-order valence-corrected chi connectivity index (χ4v) is 2.11. The molecule has 0 spiro atoms. The fraction of sp³-hybridized carbons (Fsp3) is 1.00. The molecule has 12 heavy (non-hydrogen) atoms. The highest BCUT2D eigenvalue weighted by molar-refractivity contribution is 7.99. The summed E-state index contributed by atoms with van der Waals surface area (Å²) in [6.07, 6.45) is -3.96. The molecule has 0 aromatic heterocycles. The summed E-state index contributed by atoms with van der Waals surface area (Å²) in [7, 11) is 0. The van der Waals surface area contributed by atoms with Crippen molar-refractivity contribution in [2.75, 3.05) is 11.6 Å². The van der Waals surface area contributed by atoms with Crippen LogP contribution in [0.3, 0.4) is 0 Å². The molecule has 0 aliphatic rings. The second-order valence-corrected chi connectivity index (χ2v) is 4.45. The summed E-state index contributed by atoms with van der Waals surface area (Å²) < 4.78 is 35.0. The van der Waals surface area contributed by atoms with Crippen LogP contribution in [0.25, 0.3) is 0 Å². The molecule has 0 fully saturated rings. The SMILES string of the molecule is CC(CCCl)SCCC(F)(F)F. The Kier molecular flexibility index (Phi) is 6.19. The number of hydrogen-bond donors (Lipinski definition) is 0. The van der Waals surface area contributed by atoms with Crippen LogP contribution in [0.5, 0.6) is 0 Å². The van der Waals surface area contributed by atoms with E-state index in [2.05, 4.69) is 0 Å². The second kappa shape index (κ2) is 5.97. The van der Waals surface area contributed by atoms with Gasteiger partial charge in [-0.1, -0.05) is 6.92 Å². The van der Waals surface area contributed by atoms with Gasteiger partial charge in [0.1, 0.15) is 0 Å². The van der Waals surface area contributed by atoms with Crippen molar-refractivity contribution in [3.8, 4) is 0 Å². The molecule has 0 saturated heterocycles. The molecule has 0 rings (SSSR count). The van der Waals surface area contributed by atoms with E-state index >= 15 is 0 Å². The summed E-state index contributed by atoms with van der Waals surface area (Å²) in [5.74, 6) is 0.655. The lowest BCUT2D eigenvalue weighted by atomic mass is 10.4. The van der Waals surface area contributed by atoms with Crippen LogP contribution in [0.15, 0.2) is 0 Å². The first-order chi connectivity index (χ1) is 5.45. The van der Waals surface area contributed by atoms with E-state index in [4.69, 9.17) is 11.6 Å². The van der Waals surface area contributed by atoms with Gasteiger partial charge in [0.25, 0.3) is 0 Å². The van der Waals surface area contributed by atoms with E-state index in [1.165, 1.54) is 11.8 Å². The van der Waals surface area contributed by atoms with Gasteiger partial charge in [-0.15, -0.1) is 11.6 Å². The third kappa shape index (κ3) is 8.53. The molecule has 1 atom stereocenters. The molecule has 0 aromatic carbocycles. The van der Waals surface area contributed by atoms with Crippen molar-refractivity contribution in [2.45, 2.75) is 31.2 Å². The summed E-state index contributed by atoms with van der Waals surface area (Å²) in [4.78, 5) is 0. The Labute approximate surface area is 79.9 Å². The second-order valence-electron chi connectivity index (χ2n) is 2.52. The topological polar surface area (TPSA) is 0 Å². The van der Waals surface area contributed by atoms with Crippen molar-refractivity contribution in [3.63, 3.8) is 0 Å². The molecule has 0 aromatic rings. The first-order valence-electron chi connectivity index (χ1n) is 3.70. The average molecular weight is 221 g/mol. The van der Waals surface area contributed by atoms with Gasteiger partial charge < -0.3 is 0 Å². The largest absolute Gasteiger partial charge is 0.389 e. The molecule has 0 heterocycles. The van der Waals surface area contributed by atoms with Crippen molar-refractivity contribution in [1.82, 2.24) is 0 Å². The highest BCUT2D eigenvalue weighted by atomic mass is 35.5. The van der Waals surface area contributed by atoms with Gasteiger partial charge in [0.15, 0.2) is 0 Å². The van der Waals surface area contributed by atoms with Gasteiger partial charge in [0, 0.05) is 16.9 Å². The molecule has 0 saturated carbocycles. The monoisotopic (exact) mass is 220 g/mol. The lowest BCUT2D eigenvalue weighted by Gasteiger charge is -2.10. The molecular formula is C7H12ClF3S. The molecule has 0 radical (unpaired) electrons. The van der Waals surface area contributed by atoms with Crippen LogP contribution in [0.2, 0.25) is 0 Å². The Morgan fingerprint density at radius 3 is 2.42 bits per heavy atom. The Hall–Kier alpha value is 0.430. The lowest BCUT2D eigenvalue weighted by molar-refractivity contribution is -0.129. The molecule has 0 nitrogen and oxygen atoms in total. The zero-order chi connectivity index (χ0) is 9.61. The van der Waals surface area contributed by atoms with Crippen molar-refractivity contribution in [1.29, 1.82) is 0 Å². The quantitative estimate of drug-likeness (QED) is 0.637. The number of hydrogen-bond acceptors (Lipinski definition) is 1. The van der Waals surface area contributed by atoms with Gasteiger partial charge >= 0.3 is 6.18 Å². The predicted octanol–water partition coefficient (Wildman–Crippen LogP) is 3.69. The minimum Gasteiger partial charge on any atom is -0.171 e. The molecule has 0 bridgehead atoms. The third-order valence-electron chi connectivity index (χ3n) is 1.30. The number of rotatable bonds is 5. The van der Waals surface area contributed by atoms with Crippen LogP contribution in [0, 0.1) is 0 Å². The highest BCUT2D eigenvalue weighted by Crippen LogP contribution is 2.24. The Morgan fingerprint density at radius 2 is 2.00 bits per heavy atom. The van der Waals surface area contributed by atoms with Crippen LogP contribution in [0.4, 0.5) is 13.2 Å². The van der Waals surface area contributed by atoms with Crippen LogP contribution >= 0.6 is 23.4 Å². The van der Waals surface area contributed by atoms with E-state index in [0.717, 1.165) is 6.42 Å². The van der Waals surface area contributed by atoms with E-state index in [9.17, 15) is 13.2 Å². The van der Waals surface area contributed by atoms with Gasteiger partial charge in [0.05, 0.1) is 6.42 Å². The average Bonchev–Trinajstić information content (AvgIpc) is 1.84. The summed E-state index contributed by atoms with van der Waals surface area (Å²) >= 11 is 6.75. The van der Waals surface area contributed by atoms with E-state index < -0.39 is 12.6 Å². The minimum atomic E-state index is -4.02. The lowest BCUT2D eigenvalue weighted by Crippen LogP contribution is -2.10. The maximum atomic E-state index is 11.7. The van der Waals surface area contributed by atoms with Gasteiger partial charge in [-0.2, -0.15) is 24.9 Å². The van der Waals surface area contributed by atoms with E-state index in [-0.39, 0.29) is 11.0 Å². The van der Waals surface area contributed by atoms with Crippen LogP contribution in [-0.4, -0.2) is 23.1 Å². The van der Waals surface area contributed by atoms with Crippen molar-refractivity contribution in [3.05, 3.63) is 0 Å². The molecule has 0 amide bonds. The van der Waals surface area contributed by atoms with Gasteiger partial charge in [0.2, 0.25) is 0 Å². The predicted molar refractivity (Wildman–Crippen MR) is 47.9 cm³/mol. The standard InChI is InChI=1S/C7H12ClF3S/c1-6(2-4-8)12-5-3-7(9,10)11/h6H,2-5H2,1H3. The maximum Gasteiger partial charge on any atom is 0.389 e. The normalized spacial score (nSPS) is 14.8. The Morgan fingerprint density at radius 1 is 1.42 bits per heavy atom. The fourth-order valence-electron chi connectivity index (χ4n) is 0.613. The van der Waals surface area contributed by atoms with E-state index in [1.807, 2.05) is 6.92 Å². The van der Waals surface area contributed by atoms with Gasteiger partial charge in [-0.3, -0.25) is 0 Å². The van der Waals surface area contributed by atoms with E-state index in [0.29, 0.717) is 5.88 Å². The highest BCUT2D eigenvalue weighted by Gasteiger charge is 2.26. The molecular weight excluding hydrogens is 209 g/mol. The summed E-state index contributed by atoms with van der Waals surface area (Å²) in [6, 6.07) is 0. The van der Waals surface area contributed by atoms with Gasteiger partial charge in [-0.25, -0.2) is 0 Å². The van der Waals surface area contributed by atoms with Crippen LogP contribution in [-0.2, 0) is 0 Å². The molecule has 0 N–H and O–H groups in total. The Bertz CT molecular complexity index is 116. The van der Waals surface area contributed by atoms with Crippen LogP contribution in [0.1, 0.15) is 19.8 Å². The number of thioether (sulfide) groups is 1. The van der Waals surface area contributed by atoms with E-state index in [1.54, 1.807) is 0 Å². The smallest absolute Gasteiger partial charge is 0.171 e. The van der Waals surface area contributed by atoms with Crippen molar-refractivity contribution >= 4 is 23.4 Å². The molecule has 74 valence electrons. The third-order valence-corrected chi connectivity index (χ3v) is 2.77. The van der Waals surface area contributed by atoms with Crippen molar-refractivity contribution in [2.24, 2.45) is 0 Å². The minimum absolute atomic E-state index is 0.140. The van der Waals surface area contributed by atoms with Crippen LogP contribution < -0.4 is 0 Å². The molecule has 5 heteroatoms. The maximum absolute atomic E-state index is 11.7. The number of alkyl halides is 4. The zero-order valence-electron chi connectivity index (χ0n) is 6.83. The summed E-state index contributed by atoms with van der Waals surface area (Å²) in [5.41, 5.74) is 0.